The zero-order chi connectivity index (χ0) is 9.80. The van der Waals surface area contributed by atoms with Gasteiger partial charge in [0.25, 0.3) is 0 Å². The van der Waals surface area contributed by atoms with Gasteiger partial charge in [0.1, 0.15) is 0 Å². The van der Waals surface area contributed by atoms with Crippen LogP contribution in [0, 0.1) is 0 Å². The van der Waals surface area contributed by atoms with Gasteiger partial charge < -0.3 is 5.32 Å². The van der Waals surface area contributed by atoms with Gasteiger partial charge in [0.2, 0.25) is 0 Å². The van der Waals surface area contributed by atoms with Crippen LogP contribution in [0.2, 0.25) is 0 Å². The summed E-state index contributed by atoms with van der Waals surface area (Å²) in [6.07, 6.45) is 1.27. The molecule has 1 atom stereocenters. The summed E-state index contributed by atoms with van der Waals surface area (Å²) in [7, 11) is 0. The molecule has 1 aromatic heterocycles. The molecule has 0 spiro atoms. The molecule has 2 nitrogen and oxygen atoms in total. The Balaban J connectivity index is 1.99. The van der Waals surface area contributed by atoms with Crippen LogP contribution in [0.4, 0.5) is 0 Å². The minimum absolute atomic E-state index is 0.584. The Labute approximate surface area is 89.9 Å². The fourth-order valence-corrected chi connectivity index (χ4v) is 2.72. The Morgan fingerprint density at radius 2 is 2.36 bits per heavy atom. The molecule has 14 heavy (non-hydrogen) atoms. The molecular weight excluding hydrogens is 192 g/mol. The van der Waals surface area contributed by atoms with Crippen LogP contribution in [-0.2, 0) is 0 Å². The van der Waals surface area contributed by atoms with Crippen LogP contribution in [0.1, 0.15) is 24.9 Å². The van der Waals surface area contributed by atoms with Crippen molar-refractivity contribution in [2.75, 3.05) is 26.2 Å². The molecule has 1 saturated heterocycles. The minimum atomic E-state index is 0.584. The second-order valence-corrected chi connectivity index (χ2v) is 4.65. The zero-order valence-corrected chi connectivity index (χ0v) is 9.52. The highest BCUT2D eigenvalue weighted by atomic mass is 32.1. The van der Waals surface area contributed by atoms with Crippen molar-refractivity contribution in [2.45, 2.75) is 19.4 Å². The van der Waals surface area contributed by atoms with Gasteiger partial charge in [-0.1, -0.05) is 0 Å². The average Bonchev–Trinajstić information content (AvgIpc) is 2.59. The Morgan fingerprint density at radius 3 is 3.14 bits per heavy atom. The summed E-state index contributed by atoms with van der Waals surface area (Å²) >= 11 is 1.79. The van der Waals surface area contributed by atoms with Crippen LogP contribution in [0.3, 0.4) is 0 Å². The van der Waals surface area contributed by atoms with Crippen molar-refractivity contribution in [3.05, 3.63) is 22.4 Å². The lowest BCUT2D eigenvalue weighted by molar-refractivity contribution is 0.226. The molecule has 0 aliphatic carbocycles. The quantitative estimate of drug-likeness (QED) is 0.804. The Hall–Kier alpha value is -0.380. The molecule has 2 rings (SSSR count). The van der Waals surface area contributed by atoms with Crippen LogP contribution >= 0.6 is 11.3 Å². The molecule has 78 valence electrons. The third kappa shape index (κ3) is 2.35. The molecule has 1 aliphatic rings. The van der Waals surface area contributed by atoms with E-state index in [-0.39, 0.29) is 0 Å². The third-order valence-electron chi connectivity index (χ3n) is 2.95. The fourth-order valence-electron chi connectivity index (χ4n) is 1.98. The van der Waals surface area contributed by atoms with E-state index in [4.69, 9.17) is 0 Å². The fraction of sp³-hybridized carbons (Fsp3) is 0.636. The van der Waals surface area contributed by atoms with E-state index in [0.29, 0.717) is 6.04 Å². The summed E-state index contributed by atoms with van der Waals surface area (Å²) in [5.41, 5.74) is 1.47. The van der Waals surface area contributed by atoms with Gasteiger partial charge in [0.15, 0.2) is 0 Å². The van der Waals surface area contributed by atoms with Crippen LogP contribution in [-0.4, -0.2) is 31.1 Å². The number of hydrogen-bond acceptors (Lipinski definition) is 3. The largest absolute Gasteiger partial charge is 0.315 e. The van der Waals surface area contributed by atoms with E-state index in [2.05, 4.69) is 34.0 Å². The molecule has 1 aliphatic heterocycles. The summed E-state index contributed by atoms with van der Waals surface area (Å²) < 4.78 is 0. The number of nitrogens with zero attached hydrogens (tertiary/aromatic N) is 1. The van der Waals surface area contributed by atoms with Crippen molar-refractivity contribution in [1.29, 1.82) is 0 Å². The molecule has 0 saturated carbocycles. The van der Waals surface area contributed by atoms with Gasteiger partial charge in [-0.3, -0.25) is 4.90 Å². The summed E-state index contributed by atoms with van der Waals surface area (Å²) in [4.78, 5) is 2.57. The molecule has 3 heteroatoms. The van der Waals surface area contributed by atoms with Gasteiger partial charge in [-0.2, -0.15) is 11.3 Å². The Morgan fingerprint density at radius 1 is 1.43 bits per heavy atom. The first-order valence-corrected chi connectivity index (χ1v) is 6.29. The summed E-state index contributed by atoms with van der Waals surface area (Å²) in [5.74, 6) is 0. The van der Waals surface area contributed by atoms with Gasteiger partial charge in [0, 0.05) is 19.1 Å². The highest BCUT2D eigenvalue weighted by Gasteiger charge is 2.16. The number of hydrogen-bond donors (Lipinski definition) is 1. The molecule has 0 amide bonds. The lowest BCUT2D eigenvalue weighted by Crippen LogP contribution is -2.30. The second kappa shape index (κ2) is 4.91. The van der Waals surface area contributed by atoms with Crippen LogP contribution in [0.15, 0.2) is 16.8 Å². The SMILES string of the molecule is CC(c1ccsc1)N1CCCNCC1. The van der Waals surface area contributed by atoms with E-state index < -0.39 is 0 Å². The highest BCUT2D eigenvalue weighted by Crippen LogP contribution is 2.22. The van der Waals surface area contributed by atoms with Gasteiger partial charge in [0.05, 0.1) is 0 Å². The van der Waals surface area contributed by atoms with Crippen molar-refractivity contribution in [2.24, 2.45) is 0 Å². The zero-order valence-electron chi connectivity index (χ0n) is 8.70. The maximum Gasteiger partial charge on any atom is 0.0328 e. The van der Waals surface area contributed by atoms with Crippen LogP contribution < -0.4 is 5.32 Å². The first-order chi connectivity index (χ1) is 6.88. The van der Waals surface area contributed by atoms with E-state index in [9.17, 15) is 0 Å². The molecule has 0 aromatic carbocycles. The highest BCUT2D eigenvalue weighted by molar-refractivity contribution is 7.07. The van der Waals surface area contributed by atoms with Crippen molar-refractivity contribution in [1.82, 2.24) is 10.2 Å². The Kier molecular flexibility index (Phi) is 3.56. The average molecular weight is 210 g/mol. The smallest absolute Gasteiger partial charge is 0.0328 e. The van der Waals surface area contributed by atoms with Crippen molar-refractivity contribution in [3.8, 4) is 0 Å². The normalized spacial score (nSPS) is 21.8. The maximum atomic E-state index is 3.44. The van der Waals surface area contributed by atoms with Gasteiger partial charge in [-0.25, -0.2) is 0 Å². The van der Waals surface area contributed by atoms with Crippen LogP contribution in [0.25, 0.3) is 0 Å². The molecule has 1 unspecified atom stereocenters. The van der Waals surface area contributed by atoms with E-state index >= 15 is 0 Å². The molecule has 2 heterocycles. The van der Waals surface area contributed by atoms with Crippen molar-refractivity contribution >= 4 is 11.3 Å². The predicted molar refractivity (Wildman–Crippen MR) is 61.8 cm³/mol. The Bertz CT molecular complexity index is 250. The summed E-state index contributed by atoms with van der Waals surface area (Å²) in [6.45, 7) is 7.02. The van der Waals surface area contributed by atoms with E-state index in [0.717, 1.165) is 6.54 Å². The first-order valence-electron chi connectivity index (χ1n) is 5.35. The molecule has 1 aromatic rings. The molecule has 0 bridgehead atoms. The number of nitrogens with one attached hydrogen (secondary N) is 1. The lowest BCUT2D eigenvalue weighted by Gasteiger charge is -2.26. The minimum Gasteiger partial charge on any atom is -0.315 e. The predicted octanol–water partition coefficient (Wildman–Crippen LogP) is 2.10. The van der Waals surface area contributed by atoms with E-state index in [1.807, 2.05) is 0 Å². The number of rotatable bonds is 2. The van der Waals surface area contributed by atoms with Crippen LogP contribution in [0.5, 0.6) is 0 Å². The van der Waals surface area contributed by atoms with Gasteiger partial charge in [-0.05, 0) is 48.8 Å². The van der Waals surface area contributed by atoms with Crippen molar-refractivity contribution in [3.63, 3.8) is 0 Å². The second-order valence-electron chi connectivity index (χ2n) is 3.87. The number of thiophene rings is 1. The summed E-state index contributed by atoms with van der Waals surface area (Å²) in [6, 6.07) is 2.83. The first kappa shape index (κ1) is 10.1. The van der Waals surface area contributed by atoms with Gasteiger partial charge in [-0.15, -0.1) is 0 Å². The topological polar surface area (TPSA) is 15.3 Å². The summed E-state index contributed by atoms with van der Waals surface area (Å²) in [5, 5.41) is 7.87. The van der Waals surface area contributed by atoms with Gasteiger partial charge >= 0.3 is 0 Å². The molecule has 1 fully saturated rings. The lowest BCUT2D eigenvalue weighted by atomic mass is 10.1. The standard InChI is InChI=1S/C11H18N2S/c1-10(11-3-8-14-9-11)13-6-2-4-12-5-7-13/h3,8-10,12H,2,4-7H2,1H3. The third-order valence-corrected chi connectivity index (χ3v) is 3.65. The monoisotopic (exact) mass is 210 g/mol. The van der Waals surface area contributed by atoms with E-state index in [1.165, 1.54) is 31.6 Å². The van der Waals surface area contributed by atoms with Crippen molar-refractivity contribution < 1.29 is 0 Å². The molecule has 1 N–H and O–H groups in total. The molecule has 0 radical (unpaired) electrons. The molecular formula is C11H18N2S. The van der Waals surface area contributed by atoms with E-state index in [1.54, 1.807) is 11.3 Å². The maximum absolute atomic E-state index is 3.44.